The number of ether oxygens (including phenoxy) is 2. The Morgan fingerprint density at radius 1 is 1.17 bits per heavy atom. The molecule has 24 heavy (non-hydrogen) atoms. The van der Waals surface area contributed by atoms with Gasteiger partial charge in [-0.2, -0.15) is 0 Å². The van der Waals surface area contributed by atoms with Crippen LogP contribution in [-0.2, 0) is 6.54 Å². The second-order valence-electron chi connectivity index (χ2n) is 6.78. The quantitative estimate of drug-likeness (QED) is 0.857. The van der Waals surface area contributed by atoms with Gasteiger partial charge in [-0.15, -0.1) is 11.3 Å². The minimum absolute atomic E-state index is 0.315. The Morgan fingerprint density at radius 3 is 3.12 bits per heavy atom. The summed E-state index contributed by atoms with van der Waals surface area (Å²) in [6.45, 7) is 6.14. The molecule has 1 aromatic heterocycles. The van der Waals surface area contributed by atoms with Crippen LogP contribution < -0.4 is 9.47 Å². The van der Waals surface area contributed by atoms with E-state index in [4.69, 9.17) is 14.5 Å². The standard InChI is InChI=1S/C18H21N3O2S/c1-2-15-10-20(6-7-21(15)5-1)9-14-11-24-18(19-14)13-3-4-16-17(8-13)23-12-22-16/h3-4,8,11,15H,1-2,5-7,9-10,12H2/t15-/m1/s1. The number of thiazole rings is 1. The van der Waals surface area contributed by atoms with Gasteiger partial charge in [-0.05, 0) is 37.6 Å². The number of fused-ring (bicyclic) bond motifs is 2. The van der Waals surface area contributed by atoms with E-state index in [1.807, 2.05) is 12.1 Å². The highest BCUT2D eigenvalue weighted by atomic mass is 32.1. The van der Waals surface area contributed by atoms with Crippen LogP contribution in [0.25, 0.3) is 10.6 Å². The van der Waals surface area contributed by atoms with Gasteiger partial charge in [-0.25, -0.2) is 4.98 Å². The van der Waals surface area contributed by atoms with Crippen molar-refractivity contribution in [1.29, 1.82) is 0 Å². The maximum Gasteiger partial charge on any atom is 0.231 e. The summed E-state index contributed by atoms with van der Waals surface area (Å²) in [6.07, 6.45) is 2.72. The van der Waals surface area contributed by atoms with Gasteiger partial charge in [0.2, 0.25) is 6.79 Å². The zero-order valence-electron chi connectivity index (χ0n) is 13.6. The van der Waals surface area contributed by atoms with Crippen LogP contribution in [0.5, 0.6) is 11.5 Å². The zero-order chi connectivity index (χ0) is 15.9. The predicted octanol–water partition coefficient (Wildman–Crippen LogP) is 2.82. The molecule has 3 aliphatic heterocycles. The van der Waals surface area contributed by atoms with Crippen LogP contribution in [-0.4, -0.2) is 53.8 Å². The summed E-state index contributed by atoms with van der Waals surface area (Å²) < 4.78 is 10.9. The molecule has 3 aliphatic rings. The molecular formula is C18H21N3O2S. The Kier molecular flexibility index (Phi) is 3.69. The van der Waals surface area contributed by atoms with Crippen molar-refractivity contribution in [3.05, 3.63) is 29.3 Å². The molecule has 0 spiro atoms. The summed E-state index contributed by atoms with van der Waals surface area (Å²) in [5, 5.41) is 3.25. The van der Waals surface area contributed by atoms with Crippen molar-refractivity contribution in [2.45, 2.75) is 25.4 Å². The lowest BCUT2D eigenvalue weighted by Crippen LogP contribution is -2.49. The van der Waals surface area contributed by atoms with Gasteiger partial charge in [0, 0.05) is 43.2 Å². The van der Waals surface area contributed by atoms with Crippen molar-refractivity contribution >= 4 is 11.3 Å². The lowest BCUT2D eigenvalue weighted by atomic mass is 10.1. The van der Waals surface area contributed by atoms with E-state index < -0.39 is 0 Å². The molecule has 0 N–H and O–H groups in total. The highest BCUT2D eigenvalue weighted by molar-refractivity contribution is 7.13. The summed E-state index contributed by atoms with van der Waals surface area (Å²) in [5.74, 6) is 1.64. The van der Waals surface area contributed by atoms with E-state index in [2.05, 4.69) is 21.2 Å². The van der Waals surface area contributed by atoms with Gasteiger partial charge in [-0.3, -0.25) is 9.80 Å². The molecular weight excluding hydrogens is 322 g/mol. The Balaban J connectivity index is 1.29. The maximum atomic E-state index is 5.47. The molecule has 126 valence electrons. The van der Waals surface area contributed by atoms with Crippen LogP contribution >= 0.6 is 11.3 Å². The summed E-state index contributed by atoms with van der Waals surface area (Å²) in [6, 6.07) is 6.83. The van der Waals surface area contributed by atoms with Crippen molar-refractivity contribution < 1.29 is 9.47 Å². The van der Waals surface area contributed by atoms with Crippen molar-refractivity contribution in [3.8, 4) is 22.1 Å². The first-order valence-corrected chi connectivity index (χ1v) is 9.54. The first-order chi connectivity index (χ1) is 11.8. The van der Waals surface area contributed by atoms with Crippen LogP contribution in [0.4, 0.5) is 0 Å². The molecule has 1 atom stereocenters. The molecule has 2 saturated heterocycles. The number of rotatable bonds is 3. The van der Waals surface area contributed by atoms with Gasteiger partial charge in [0.05, 0.1) is 5.69 Å². The third-order valence-corrected chi connectivity index (χ3v) is 6.17. The Bertz CT molecular complexity index is 748. The molecule has 0 saturated carbocycles. The molecule has 4 heterocycles. The van der Waals surface area contributed by atoms with Crippen LogP contribution in [0.3, 0.4) is 0 Å². The van der Waals surface area contributed by atoms with Crippen LogP contribution in [0.1, 0.15) is 18.5 Å². The van der Waals surface area contributed by atoms with Gasteiger partial charge >= 0.3 is 0 Å². The van der Waals surface area contributed by atoms with E-state index in [9.17, 15) is 0 Å². The smallest absolute Gasteiger partial charge is 0.231 e. The van der Waals surface area contributed by atoms with Crippen molar-refractivity contribution in [2.75, 3.05) is 33.0 Å². The van der Waals surface area contributed by atoms with E-state index in [0.29, 0.717) is 6.79 Å². The number of nitrogens with zero attached hydrogens (tertiary/aromatic N) is 3. The predicted molar refractivity (Wildman–Crippen MR) is 93.5 cm³/mol. The molecule has 1 aromatic carbocycles. The van der Waals surface area contributed by atoms with Crippen LogP contribution in [0.2, 0.25) is 0 Å². The summed E-state index contributed by atoms with van der Waals surface area (Å²) in [4.78, 5) is 10.1. The topological polar surface area (TPSA) is 37.8 Å². The van der Waals surface area contributed by atoms with E-state index in [0.717, 1.165) is 41.2 Å². The molecule has 6 heteroatoms. The van der Waals surface area contributed by atoms with Gasteiger partial charge in [-0.1, -0.05) is 0 Å². The second-order valence-corrected chi connectivity index (χ2v) is 7.64. The van der Waals surface area contributed by atoms with Crippen molar-refractivity contribution in [1.82, 2.24) is 14.8 Å². The molecule has 0 aliphatic carbocycles. The fourth-order valence-electron chi connectivity index (χ4n) is 3.97. The lowest BCUT2D eigenvalue weighted by molar-refractivity contribution is 0.0986. The van der Waals surface area contributed by atoms with Crippen LogP contribution in [0, 0.1) is 0 Å². The molecule has 2 fully saturated rings. The first kappa shape index (κ1) is 14.7. The minimum Gasteiger partial charge on any atom is -0.454 e. The summed E-state index contributed by atoms with van der Waals surface area (Å²) >= 11 is 1.71. The second kappa shape index (κ2) is 6.02. The number of hydrogen-bond donors (Lipinski definition) is 0. The van der Waals surface area contributed by atoms with Gasteiger partial charge in [0.25, 0.3) is 0 Å². The molecule has 5 nitrogen and oxygen atoms in total. The van der Waals surface area contributed by atoms with E-state index in [-0.39, 0.29) is 0 Å². The van der Waals surface area contributed by atoms with E-state index in [1.54, 1.807) is 11.3 Å². The van der Waals surface area contributed by atoms with Gasteiger partial charge < -0.3 is 9.47 Å². The Morgan fingerprint density at radius 2 is 2.12 bits per heavy atom. The molecule has 0 radical (unpaired) electrons. The molecule has 5 rings (SSSR count). The summed E-state index contributed by atoms with van der Waals surface area (Å²) in [7, 11) is 0. The summed E-state index contributed by atoms with van der Waals surface area (Å²) in [5.41, 5.74) is 2.29. The number of aromatic nitrogens is 1. The van der Waals surface area contributed by atoms with Crippen LogP contribution in [0.15, 0.2) is 23.6 Å². The number of piperazine rings is 1. The highest BCUT2D eigenvalue weighted by Gasteiger charge is 2.30. The fourth-order valence-corrected chi connectivity index (χ4v) is 4.78. The Labute approximate surface area is 145 Å². The highest BCUT2D eigenvalue weighted by Crippen LogP contribution is 2.36. The minimum atomic E-state index is 0.315. The average molecular weight is 343 g/mol. The number of hydrogen-bond acceptors (Lipinski definition) is 6. The molecule has 2 aromatic rings. The monoisotopic (exact) mass is 343 g/mol. The Hall–Kier alpha value is -1.63. The third-order valence-electron chi connectivity index (χ3n) is 5.23. The lowest BCUT2D eigenvalue weighted by Gasteiger charge is -2.37. The fraction of sp³-hybridized carbons (Fsp3) is 0.500. The molecule has 0 amide bonds. The van der Waals surface area contributed by atoms with E-state index >= 15 is 0 Å². The van der Waals surface area contributed by atoms with Crippen molar-refractivity contribution in [2.24, 2.45) is 0 Å². The van der Waals surface area contributed by atoms with Gasteiger partial charge in [0.15, 0.2) is 11.5 Å². The SMILES string of the molecule is c1cc2c(cc1-c1nc(CN3CCN4CCC[C@@H]4C3)cs1)OCO2. The molecule has 0 unspecified atom stereocenters. The largest absolute Gasteiger partial charge is 0.454 e. The van der Waals surface area contributed by atoms with E-state index in [1.165, 1.54) is 38.2 Å². The normalized spacial score (nSPS) is 23.6. The first-order valence-electron chi connectivity index (χ1n) is 8.66. The average Bonchev–Trinajstić information content (AvgIpc) is 3.34. The zero-order valence-corrected chi connectivity index (χ0v) is 14.4. The maximum absolute atomic E-state index is 5.47. The third kappa shape index (κ3) is 2.68. The molecule has 0 bridgehead atoms. The van der Waals surface area contributed by atoms with Crippen molar-refractivity contribution in [3.63, 3.8) is 0 Å². The van der Waals surface area contributed by atoms with Gasteiger partial charge in [0.1, 0.15) is 5.01 Å². The number of benzene rings is 1.